The number of hydrogen-bond donors (Lipinski definition) is 0. The standard InChI is InChI=1S/C8H16O2S/c1-7-8(3-4-10-7)11-6-5-9-2/h7-8H,3-6H2,1-2H3. The molecule has 0 saturated carbocycles. The molecule has 0 N–H and O–H groups in total. The van der Waals surface area contributed by atoms with Crippen molar-refractivity contribution >= 4 is 11.8 Å². The fraction of sp³-hybridized carbons (Fsp3) is 1.00. The lowest BCUT2D eigenvalue weighted by Gasteiger charge is -2.12. The predicted molar refractivity (Wildman–Crippen MR) is 48.2 cm³/mol. The quantitative estimate of drug-likeness (QED) is 0.605. The summed E-state index contributed by atoms with van der Waals surface area (Å²) in [5.74, 6) is 1.09. The molecule has 2 nitrogen and oxygen atoms in total. The van der Waals surface area contributed by atoms with Crippen molar-refractivity contribution in [3.05, 3.63) is 0 Å². The van der Waals surface area contributed by atoms with Crippen molar-refractivity contribution in [3.8, 4) is 0 Å². The van der Waals surface area contributed by atoms with E-state index in [0.717, 1.165) is 19.0 Å². The van der Waals surface area contributed by atoms with E-state index >= 15 is 0 Å². The van der Waals surface area contributed by atoms with Crippen LogP contribution < -0.4 is 0 Å². The van der Waals surface area contributed by atoms with E-state index in [1.165, 1.54) is 6.42 Å². The highest BCUT2D eigenvalue weighted by molar-refractivity contribution is 7.99. The van der Waals surface area contributed by atoms with Crippen LogP contribution in [0.4, 0.5) is 0 Å². The first-order chi connectivity index (χ1) is 5.34. The summed E-state index contributed by atoms with van der Waals surface area (Å²) in [5, 5.41) is 0.699. The summed E-state index contributed by atoms with van der Waals surface area (Å²) >= 11 is 1.97. The maximum absolute atomic E-state index is 5.43. The topological polar surface area (TPSA) is 18.5 Å². The second-order valence-corrected chi connectivity index (χ2v) is 4.11. The minimum Gasteiger partial charge on any atom is -0.384 e. The van der Waals surface area contributed by atoms with Crippen LogP contribution in [-0.2, 0) is 9.47 Å². The van der Waals surface area contributed by atoms with E-state index in [2.05, 4.69) is 6.92 Å². The Morgan fingerprint density at radius 2 is 2.45 bits per heavy atom. The van der Waals surface area contributed by atoms with Crippen LogP contribution in [0.25, 0.3) is 0 Å². The molecular weight excluding hydrogens is 160 g/mol. The summed E-state index contributed by atoms with van der Waals surface area (Å²) in [7, 11) is 1.75. The van der Waals surface area contributed by atoms with Gasteiger partial charge in [0.15, 0.2) is 0 Å². The van der Waals surface area contributed by atoms with Crippen LogP contribution in [-0.4, -0.2) is 37.4 Å². The van der Waals surface area contributed by atoms with Crippen molar-refractivity contribution in [3.63, 3.8) is 0 Å². The lowest BCUT2D eigenvalue weighted by Crippen LogP contribution is -2.14. The fourth-order valence-electron chi connectivity index (χ4n) is 1.21. The maximum atomic E-state index is 5.43. The molecule has 1 heterocycles. The van der Waals surface area contributed by atoms with Gasteiger partial charge in [-0.15, -0.1) is 0 Å². The van der Waals surface area contributed by atoms with E-state index in [1.807, 2.05) is 11.8 Å². The molecule has 0 aliphatic carbocycles. The van der Waals surface area contributed by atoms with Crippen molar-refractivity contribution in [2.75, 3.05) is 26.1 Å². The van der Waals surface area contributed by atoms with Crippen LogP contribution in [0.2, 0.25) is 0 Å². The lowest BCUT2D eigenvalue weighted by atomic mass is 10.3. The Morgan fingerprint density at radius 1 is 1.64 bits per heavy atom. The lowest BCUT2D eigenvalue weighted by molar-refractivity contribution is 0.127. The van der Waals surface area contributed by atoms with E-state index in [9.17, 15) is 0 Å². The van der Waals surface area contributed by atoms with Gasteiger partial charge >= 0.3 is 0 Å². The molecule has 1 rings (SSSR count). The first-order valence-corrected chi connectivity index (χ1v) is 5.11. The zero-order chi connectivity index (χ0) is 8.10. The number of thioether (sulfide) groups is 1. The Morgan fingerprint density at radius 3 is 3.00 bits per heavy atom. The number of methoxy groups -OCH3 is 1. The SMILES string of the molecule is COCCSC1CCOC1C. The molecule has 2 unspecified atom stereocenters. The molecule has 66 valence electrons. The molecule has 1 saturated heterocycles. The molecule has 0 spiro atoms. The first-order valence-electron chi connectivity index (χ1n) is 4.06. The van der Waals surface area contributed by atoms with Gasteiger partial charge in [0.1, 0.15) is 0 Å². The maximum Gasteiger partial charge on any atom is 0.0666 e. The third-order valence-electron chi connectivity index (χ3n) is 1.93. The van der Waals surface area contributed by atoms with Gasteiger partial charge in [-0.05, 0) is 13.3 Å². The predicted octanol–water partition coefficient (Wildman–Crippen LogP) is 1.54. The smallest absolute Gasteiger partial charge is 0.0666 e. The van der Waals surface area contributed by atoms with E-state index in [-0.39, 0.29) is 0 Å². The van der Waals surface area contributed by atoms with Crippen LogP contribution >= 0.6 is 11.8 Å². The molecule has 11 heavy (non-hydrogen) atoms. The first kappa shape index (κ1) is 9.36. The molecule has 0 aromatic carbocycles. The Balaban J connectivity index is 2.05. The van der Waals surface area contributed by atoms with Gasteiger partial charge in [0.05, 0.1) is 12.7 Å². The fourth-order valence-corrected chi connectivity index (χ4v) is 2.39. The van der Waals surface area contributed by atoms with Gasteiger partial charge in [0, 0.05) is 24.7 Å². The highest BCUT2D eigenvalue weighted by atomic mass is 32.2. The van der Waals surface area contributed by atoms with Crippen molar-refractivity contribution in [2.24, 2.45) is 0 Å². The van der Waals surface area contributed by atoms with Crippen molar-refractivity contribution < 1.29 is 9.47 Å². The molecule has 0 aromatic heterocycles. The zero-order valence-electron chi connectivity index (χ0n) is 7.21. The van der Waals surface area contributed by atoms with Gasteiger partial charge in [-0.25, -0.2) is 0 Å². The second kappa shape index (κ2) is 5.01. The van der Waals surface area contributed by atoms with Gasteiger partial charge < -0.3 is 9.47 Å². The van der Waals surface area contributed by atoms with Crippen LogP contribution in [0.3, 0.4) is 0 Å². The molecule has 1 fully saturated rings. The van der Waals surface area contributed by atoms with Crippen LogP contribution in [0.5, 0.6) is 0 Å². The average Bonchev–Trinajstić information content (AvgIpc) is 2.37. The Labute approximate surface area is 72.6 Å². The average molecular weight is 176 g/mol. The normalized spacial score (nSPS) is 31.1. The number of rotatable bonds is 4. The van der Waals surface area contributed by atoms with Crippen molar-refractivity contribution in [1.29, 1.82) is 0 Å². The Hall–Kier alpha value is 0.270. The summed E-state index contributed by atoms with van der Waals surface area (Å²) in [6, 6.07) is 0. The summed E-state index contributed by atoms with van der Waals surface area (Å²) in [6.45, 7) is 3.94. The molecule has 1 aliphatic heterocycles. The van der Waals surface area contributed by atoms with Crippen molar-refractivity contribution in [1.82, 2.24) is 0 Å². The van der Waals surface area contributed by atoms with Crippen LogP contribution in [0.15, 0.2) is 0 Å². The van der Waals surface area contributed by atoms with E-state index in [0.29, 0.717) is 11.4 Å². The van der Waals surface area contributed by atoms with Gasteiger partial charge in [-0.1, -0.05) is 0 Å². The van der Waals surface area contributed by atoms with Gasteiger partial charge in [-0.2, -0.15) is 11.8 Å². The van der Waals surface area contributed by atoms with Crippen LogP contribution in [0.1, 0.15) is 13.3 Å². The Bertz CT molecular complexity index is 108. The monoisotopic (exact) mass is 176 g/mol. The van der Waals surface area contributed by atoms with Gasteiger partial charge in [0.25, 0.3) is 0 Å². The van der Waals surface area contributed by atoms with Gasteiger partial charge in [0.2, 0.25) is 0 Å². The molecule has 2 atom stereocenters. The zero-order valence-corrected chi connectivity index (χ0v) is 8.02. The summed E-state index contributed by atoms with van der Waals surface area (Å²) in [5.41, 5.74) is 0. The van der Waals surface area contributed by atoms with Gasteiger partial charge in [-0.3, -0.25) is 0 Å². The molecule has 3 heteroatoms. The van der Waals surface area contributed by atoms with E-state index in [4.69, 9.17) is 9.47 Å². The second-order valence-electron chi connectivity index (χ2n) is 2.77. The summed E-state index contributed by atoms with van der Waals surface area (Å²) < 4.78 is 10.4. The summed E-state index contributed by atoms with van der Waals surface area (Å²) in [6.07, 6.45) is 1.65. The van der Waals surface area contributed by atoms with Crippen LogP contribution in [0, 0.1) is 0 Å². The van der Waals surface area contributed by atoms with Crippen molar-refractivity contribution in [2.45, 2.75) is 24.7 Å². The third kappa shape index (κ3) is 3.01. The minimum atomic E-state index is 0.442. The minimum absolute atomic E-state index is 0.442. The molecule has 0 radical (unpaired) electrons. The highest BCUT2D eigenvalue weighted by Crippen LogP contribution is 2.25. The van der Waals surface area contributed by atoms with E-state index < -0.39 is 0 Å². The van der Waals surface area contributed by atoms with E-state index in [1.54, 1.807) is 7.11 Å². The third-order valence-corrected chi connectivity index (χ3v) is 3.38. The molecule has 0 bridgehead atoms. The number of hydrogen-bond acceptors (Lipinski definition) is 3. The number of ether oxygens (including phenoxy) is 2. The Kier molecular flexibility index (Phi) is 4.26. The molecule has 1 aliphatic rings. The molecular formula is C8H16O2S. The molecule has 0 amide bonds. The molecule has 0 aromatic rings. The summed E-state index contributed by atoms with van der Waals surface area (Å²) in [4.78, 5) is 0. The highest BCUT2D eigenvalue weighted by Gasteiger charge is 2.23. The largest absolute Gasteiger partial charge is 0.384 e.